The van der Waals surface area contributed by atoms with Gasteiger partial charge in [0, 0.05) is 23.5 Å². The summed E-state index contributed by atoms with van der Waals surface area (Å²) in [6, 6.07) is 7.98. The number of thioether (sulfide) groups is 1. The summed E-state index contributed by atoms with van der Waals surface area (Å²) in [5.41, 5.74) is 8.62. The Morgan fingerprint density at radius 1 is 1.19 bits per heavy atom. The van der Waals surface area contributed by atoms with Crippen molar-refractivity contribution in [1.82, 2.24) is 15.0 Å². The van der Waals surface area contributed by atoms with Crippen molar-refractivity contribution in [1.29, 1.82) is 0 Å². The third kappa shape index (κ3) is 2.80. The maximum Gasteiger partial charge on any atom is 0.156 e. The number of aryl methyl sites for hydroxylation is 1. The summed E-state index contributed by atoms with van der Waals surface area (Å²) < 4.78 is 0. The van der Waals surface area contributed by atoms with E-state index in [1.807, 2.05) is 31.2 Å². The first kappa shape index (κ1) is 14.1. The molecule has 0 spiro atoms. The zero-order chi connectivity index (χ0) is 14.8. The average molecular weight is 317 g/mol. The van der Waals surface area contributed by atoms with Crippen molar-refractivity contribution in [2.75, 3.05) is 5.73 Å². The molecule has 0 amide bonds. The molecule has 0 radical (unpaired) electrons. The number of pyridine rings is 1. The zero-order valence-electron chi connectivity index (χ0n) is 11.4. The number of hydrogen-bond acceptors (Lipinski definition) is 5. The van der Waals surface area contributed by atoms with E-state index in [9.17, 15) is 0 Å². The lowest BCUT2D eigenvalue weighted by Gasteiger charge is -2.10. The summed E-state index contributed by atoms with van der Waals surface area (Å²) >= 11 is 7.92. The van der Waals surface area contributed by atoms with Crippen LogP contribution in [0.4, 0.5) is 5.82 Å². The van der Waals surface area contributed by atoms with Gasteiger partial charge in [0.2, 0.25) is 0 Å². The van der Waals surface area contributed by atoms with Crippen LogP contribution in [0.25, 0.3) is 10.9 Å². The van der Waals surface area contributed by atoms with Gasteiger partial charge >= 0.3 is 0 Å². The van der Waals surface area contributed by atoms with E-state index in [1.54, 1.807) is 12.4 Å². The number of hydrogen-bond donors (Lipinski definition) is 1. The van der Waals surface area contributed by atoms with Crippen LogP contribution in [0.1, 0.15) is 11.3 Å². The molecule has 0 saturated heterocycles. The highest BCUT2D eigenvalue weighted by Crippen LogP contribution is 2.31. The van der Waals surface area contributed by atoms with Crippen molar-refractivity contribution in [2.45, 2.75) is 17.7 Å². The molecule has 0 saturated carbocycles. The van der Waals surface area contributed by atoms with Crippen LogP contribution in [0, 0.1) is 6.92 Å². The van der Waals surface area contributed by atoms with Crippen molar-refractivity contribution in [3.8, 4) is 0 Å². The summed E-state index contributed by atoms with van der Waals surface area (Å²) in [7, 11) is 0. The number of anilines is 1. The SMILES string of the molecule is Cc1c(Cl)c(CSc2nccnc2N)nc2ccccc12. The van der Waals surface area contributed by atoms with Gasteiger partial charge in [0.1, 0.15) is 5.03 Å². The molecule has 1 aromatic carbocycles. The molecular weight excluding hydrogens is 304 g/mol. The summed E-state index contributed by atoms with van der Waals surface area (Å²) in [5, 5.41) is 2.47. The second kappa shape index (κ2) is 5.87. The normalized spacial score (nSPS) is 11.0. The number of benzene rings is 1. The van der Waals surface area contributed by atoms with Gasteiger partial charge in [0.05, 0.1) is 16.2 Å². The predicted molar refractivity (Wildman–Crippen MR) is 87.5 cm³/mol. The molecule has 0 aliphatic heterocycles. The van der Waals surface area contributed by atoms with E-state index in [0.29, 0.717) is 21.6 Å². The summed E-state index contributed by atoms with van der Waals surface area (Å²) in [4.78, 5) is 12.9. The maximum atomic E-state index is 6.44. The van der Waals surface area contributed by atoms with Crippen molar-refractivity contribution in [2.24, 2.45) is 0 Å². The Balaban J connectivity index is 1.94. The molecule has 0 aliphatic rings. The second-order valence-corrected chi connectivity index (χ2v) is 5.89. The molecule has 3 aromatic rings. The highest BCUT2D eigenvalue weighted by Gasteiger charge is 2.11. The fraction of sp³-hybridized carbons (Fsp3) is 0.133. The van der Waals surface area contributed by atoms with Gasteiger partial charge in [-0.3, -0.25) is 4.98 Å². The topological polar surface area (TPSA) is 64.7 Å². The maximum absolute atomic E-state index is 6.44. The van der Waals surface area contributed by atoms with E-state index in [1.165, 1.54) is 11.8 Å². The number of aromatic nitrogens is 3. The standard InChI is InChI=1S/C15H13ClN4S/c1-9-10-4-2-3-5-11(10)20-12(13(9)16)8-21-15-14(17)18-6-7-19-15/h2-7H,8H2,1H3,(H2,17,18). The Morgan fingerprint density at radius 2 is 1.95 bits per heavy atom. The molecule has 6 heteroatoms. The van der Waals surface area contributed by atoms with Crippen molar-refractivity contribution < 1.29 is 0 Å². The Kier molecular flexibility index (Phi) is 3.94. The lowest BCUT2D eigenvalue weighted by Crippen LogP contribution is -1.97. The van der Waals surface area contributed by atoms with Crippen LogP contribution in [0.5, 0.6) is 0 Å². The van der Waals surface area contributed by atoms with Crippen LogP contribution < -0.4 is 5.73 Å². The van der Waals surface area contributed by atoms with Gasteiger partial charge in [-0.2, -0.15) is 0 Å². The van der Waals surface area contributed by atoms with E-state index < -0.39 is 0 Å². The lowest BCUT2D eigenvalue weighted by molar-refractivity contribution is 1.07. The number of fused-ring (bicyclic) bond motifs is 1. The molecule has 0 atom stereocenters. The van der Waals surface area contributed by atoms with E-state index in [4.69, 9.17) is 17.3 Å². The number of halogens is 1. The molecule has 2 N–H and O–H groups in total. The average Bonchev–Trinajstić information content (AvgIpc) is 2.51. The molecule has 0 aliphatic carbocycles. The van der Waals surface area contributed by atoms with E-state index in [-0.39, 0.29) is 0 Å². The van der Waals surface area contributed by atoms with Gasteiger partial charge in [-0.05, 0) is 18.6 Å². The first-order chi connectivity index (χ1) is 10.2. The predicted octanol–water partition coefficient (Wildman–Crippen LogP) is 3.86. The first-order valence-corrected chi connectivity index (χ1v) is 7.76. The van der Waals surface area contributed by atoms with E-state index in [0.717, 1.165) is 22.2 Å². The fourth-order valence-electron chi connectivity index (χ4n) is 2.10. The van der Waals surface area contributed by atoms with Crippen LogP contribution in [0.3, 0.4) is 0 Å². The second-order valence-electron chi connectivity index (χ2n) is 4.55. The van der Waals surface area contributed by atoms with Crippen LogP contribution in [0.15, 0.2) is 41.7 Å². The Morgan fingerprint density at radius 3 is 2.76 bits per heavy atom. The molecule has 2 heterocycles. The van der Waals surface area contributed by atoms with Gasteiger partial charge in [0.15, 0.2) is 5.82 Å². The number of nitrogens with zero attached hydrogens (tertiary/aromatic N) is 3. The highest BCUT2D eigenvalue weighted by molar-refractivity contribution is 7.98. The summed E-state index contributed by atoms with van der Waals surface area (Å²) in [6.07, 6.45) is 3.20. The van der Waals surface area contributed by atoms with Crippen molar-refractivity contribution >= 4 is 40.1 Å². The van der Waals surface area contributed by atoms with Crippen LogP contribution >= 0.6 is 23.4 Å². The molecule has 106 valence electrons. The van der Waals surface area contributed by atoms with Crippen molar-refractivity contribution in [3.05, 3.63) is 52.9 Å². The Bertz CT molecular complexity index is 807. The van der Waals surface area contributed by atoms with Gasteiger partial charge < -0.3 is 5.73 Å². The quantitative estimate of drug-likeness (QED) is 0.743. The van der Waals surface area contributed by atoms with Crippen molar-refractivity contribution in [3.63, 3.8) is 0 Å². The highest BCUT2D eigenvalue weighted by atomic mass is 35.5. The smallest absolute Gasteiger partial charge is 0.156 e. The number of nitrogens with two attached hydrogens (primary N) is 1. The number of para-hydroxylation sites is 1. The van der Waals surface area contributed by atoms with Gasteiger partial charge in [-0.15, -0.1) is 0 Å². The van der Waals surface area contributed by atoms with Crippen LogP contribution in [0.2, 0.25) is 5.02 Å². The van der Waals surface area contributed by atoms with Crippen LogP contribution in [-0.4, -0.2) is 15.0 Å². The van der Waals surface area contributed by atoms with E-state index >= 15 is 0 Å². The summed E-state index contributed by atoms with van der Waals surface area (Å²) in [6.45, 7) is 2.01. The molecule has 2 aromatic heterocycles. The number of rotatable bonds is 3. The monoisotopic (exact) mass is 316 g/mol. The Hall–Kier alpha value is -1.85. The largest absolute Gasteiger partial charge is 0.381 e. The summed E-state index contributed by atoms with van der Waals surface area (Å²) in [5.74, 6) is 1.03. The molecular formula is C15H13ClN4S. The van der Waals surface area contributed by atoms with Gasteiger partial charge in [0.25, 0.3) is 0 Å². The molecule has 3 rings (SSSR count). The molecule has 4 nitrogen and oxygen atoms in total. The zero-order valence-corrected chi connectivity index (χ0v) is 12.9. The molecule has 0 fully saturated rings. The minimum Gasteiger partial charge on any atom is -0.381 e. The third-order valence-corrected chi connectivity index (χ3v) is 4.69. The fourth-order valence-corrected chi connectivity index (χ4v) is 3.21. The van der Waals surface area contributed by atoms with Gasteiger partial charge in [-0.25, -0.2) is 9.97 Å². The minimum atomic E-state index is 0.427. The molecule has 21 heavy (non-hydrogen) atoms. The minimum absolute atomic E-state index is 0.427. The molecule has 0 bridgehead atoms. The van der Waals surface area contributed by atoms with Gasteiger partial charge in [-0.1, -0.05) is 41.6 Å². The Labute approximate surface area is 131 Å². The molecule has 0 unspecified atom stereocenters. The first-order valence-electron chi connectivity index (χ1n) is 6.40. The number of nitrogen functional groups attached to an aromatic ring is 1. The third-order valence-electron chi connectivity index (χ3n) is 3.18. The lowest BCUT2D eigenvalue weighted by atomic mass is 10.1. The van der Waals surface area contributed by atoms with Crippen LogP contribution in [-0.2, 0) is 5.75 Å². The van der Waals surface area contributed by atoms with E-state index in [2.05, 4.69) is 15.0 Å².